The summed E-state index contributed by atoms with van der Waals surface area (Å²) in [6.45, 7) is -0.615. The number of nitrogens with one attached hydrogen (secondary N) is 2. The third kappa shape index (κ3) is 6.17. The van der Waals surface area contributed by atoms with Gasteiger partial charge in [-0.05, 0) is 52.3 Å². The summed E-state index contributed by atoms with van der Waals surface area (Å²) >= 11 is 9.23. The van der Waals surface area contributed by atoms with E-state index in [0.29, 0.717) is 26.7 Å². The third-order valence-electron chi connectivity index (χ3n) is 4.89. The van der Waals surface area contributed by atoms with Crippen LogP contribution in [0.15, 0.2) is 40.9 Å². The van der Waals surface area contributed by atoms with E-state index in [1.54, 1.807) is 24.3 Å². The van der Waals surface area contributed by atoms with Gasteiger partial charge in [0.05, 0.1) is 31.7 Å². The Morgan fingerprint density at radius 1 is 1.12 bits per heavy atom. The molecule has 1 saturated heterocycles. The van der Waals surface area contributed by atoms with Gasteiger partial charge in [0.15, 0.2) is 18.1 Å². The summed E-state index contributed by atoms with van der Waals surface area (Å²) in [5.41, 5.74) is 3.15. The van der Waals surface area contributed by atoms with E-state index < -0.39 is 36.2 Å². The molecule has 0 saturated carbocycles. The lowest BCUT2D eigenvalue weighted by Gasteiger charge is -2.18. The lowest BCUT2D eigenvalue weighted by molar-refractivity contribution is -0.151. The fraction of sp³-hybridized carbons (Fsp3) is 0.273. The van der Waals surface area contributed by atoms with E-state index in [1.165, 1.54) is 26.4 Å². The number of methoxy groups -OCH3 is 2. The number of halogens is 2. The highest BCUT2D eigenvalue weighted by Crippen LogP contribution is 2.28. The van der Waals surface area contributed by atoms with Crippen LogP contribution in [0.1, 0.15) is 16.8 Å². The maximum atomic E-state index is 12.5. The minimum atomic E-state index is -0.826. The standard InChI is InChI=1S/C22H21BrClN3O7/c1-32-17-6-3-12(7-18(17)33-2)21(30)26-27-10-13(8-20(27)29)22(31)34-11-19(28)25-14-4-5-15(23)16(24)9-14/h3-7,9,13H,8,10-11H2,1-2H3,(H,25,28)(H,26,30)/t13-/m0/s1. The number of hydrogen-bond donors (Lipinski definition) is 2. The molecular weight excluding hydrogens is 534 g/mol. The van der Waals surface area contributed by atoms with Gasteiger partial charge in [-0.2, -0.15) is 0 Å². The van der Waals surface area contributed by atoms with Crippen molar-refractivity contribution in [3.8, 4) is 11.5 Å². The normalized spacial score (nSPS) is 15.0. The van der Waals surface area contributed by atoms with Crippen LogP contribution >= 0.6 is 27.5 Å². The second-order valence-electron chi connectivity index (χ2n) is 7.20. The van der Waals surface area contributed by atoms with Gasteiger partial charge in [0.2, 0.25) is 5.91 Å². The minimum Gasteiger partial charge on any atom is -0.493 e. The third-order valence-corrected chi connectivity index (χ3v) is 6.12. The van der Waals surface area contributed by atoms with E-state index in [2.05, 4.69) is 26.7 Å². The molecule has 1 heterocycles. The predicted molar refractivity (Wildman–Crippen MR) is 126 cm³/mol. The highest BCUT2D eigenvalue weighted by molar-refractivity contribution is 9.10. The average Bonchev–Trinajstić information content (AvgIpc) is 3.19. The molecule has 0 aromatic heterocycles. The Hall–Kier alpha value is -3.31. The zero-order valence-electron chi connectivity index (χ0n) is 18.2. The van der Waals surface area contributed by atoms with Gasteiger partial charge < -0.3 is 19.5 Å². The van der Waals surface area contributed by atoms with Crippen molar-refractivity contribution in [2.45, 2.75) is 6.42 Å². The second kappa shape index (κ2) is 11.2. The molecule has 2 aromatic carbocycles. The summed E-state index contributed by atoms with van der Waals surface area (Å²) < 4.78 is 16.0. The van der Waals surface area contributed by atoms with Gasteiger partial charge in [0, 0.05) is 22.1 Å². The fourth-order valence-corrected chi connectivity index (χ4v) is 3.59. The van der Waals surface area contributed by atoms with E-state index in [9.17, 15) is 19.2 Å². The van der Waals surface area contributed by atoms with Gasteiger partial charge in [-0.3, -0.25) is 29.6 Å². The molecule has 3 rings (SSSR count). The van der Waals surface area contributed by atoms with Crippen LogP contribution in [0.2, 0.25) is 5.02 Å². The Morgan fingerprint density at radius 3 is 2.53 bits per heavy atom. The number of carbonyl (C=O) groups excluding carboxylic acids is 4. The van der Waals surface area contributed by atoms with Gasteiger partial charge in [-0.1, -0.05) is 11.6 Å². The lowest BCUT2D eigenvalue weighted by Crippen LogP contribution is -2.43. The molecule has 34 heavy (non-hydrogen) atoms. The predicted octanol–water partition coefficient (Wildman–Crippen LogP) is 2.79. The first-order valence-electron chi connectivity index (χ1n) is 9.96. The van der Waals surface area contributed by atoms with Gasteiger partial charge in [-0.15, -0.1) is 0 Å². The number of benzene rings is 2. The van der Waals surface area contributed by atoms with Crippen molar-refractivity contribution in [1.29, 1.82) is 0 Å². The Labute approximate surface area is 208 Å². The molecule has 3 amide bonds. The molecule has 1 atom stereocenters. The number of esters is 1. The molecule has 12 heteroatoms. The molecule has 10 nitrogen and oxygen atoms in total. The van der Waals surface area contributed by atoms with Gasteiger partial charge >= 0.3 is 5.97 Å². The van der Waals surface area contributed by atoms with Crippen LogP contribution < -0.4 is 20.2 Å². The second-order valence-corrected chi connectivity index (χ2v) is 8.46. The monoisotopic (exact) mass is 553 g/mol. The number of amides is 3. The fourth-order valence-electron chi connectivity index (χ4n) is 3.16. The van der Waals surface area contributed by atoms with Crippen LogP contribution in [0.3, 0.4) is 0 Å². The zero-order valence-corrected chi connectivity index (χ0v) is 20.6. The van der Waals surface area contributed by atoms with Crippen molar-refractivity contribution in [3.05, 3.63) is 51.5 Å². The quantitative estimate of drug-likeness (QED) is 0.481. The van der Waals surface area contributed by atoms with Crippen LogP contribution in [-0.4, -0.2) is 56.1 Å². The van der Waals surface area contributed by atoms with Crippen LogP contribution in [0.25, 0.3) is 0 Å². The maximum Gasteiger partial charge on any atom is 0.311 e. The molecule has 1 fully saturated rings. The van der Waals surface area contributed by atoms with E-state index >= 15 is 0 Å². The lowest BCUT2D eigenvalue weighted by atomic mass is 10.1. The summed E-state index contributed by atoms with van der Waals surface area (Å²) in [6.07, 6.45) is -0.158. The van der Waals surface area contributed by atoms with Crippen molar-refractivity contribution in [1.82, 2.24) is 10.4 Å². The van der Waals surface area contributed by atoms with Crippen molar-refractivity contribution in [3.63, 3.8) is 0 Å². The van der Waals surface area contributed by atoms with Crippen molar-refractivity contribution in [2.75, 3.05) is 32.7 Å². The highest BCUT2D eigenvalue weighted by Gasteiger charge is 2.36. The molecule has 1 aliphatic rings. The first-order chi connectivity index (χ1) is 16.2. The van der Waals surface area contributed by atoms with Crippen molar-refractivity contribution >= 4 is 56.9 Å². The average molecular weight is 555 g/mol. The summed E-state index contributed by atoms with van der Waals surface area (Å²) in [5, 5.41) is 4.02. The number of rotatable bonds is 8. The molecule has 2 aromatic rings. The summed E-state index contributed by atoms with van der Waals surface area (Å²) in [7, 11) is 2.91. The number of anilines is 1. The zero-order chi connectivity index (χ0) is 24.8. The SMILES string of the molecule is COc1ccc(C(=O)NN2C[C@@H](C(=O)OCC(=O)Nc3ccc(Br)c(Cl)c3)CC2=O)cc1OC. The van der Waals surface area contributed by atoms with E-state index in [-0.39, 0.29) is 18.5 Å². The van der Waals surface area contributed by atoms with Gasteiger partial charge in [0.25, 0.3) is 11.8 Å². The van der Waals surface area contributed by atoms with Gasteiger partial charge in [-0.25, -0.2) is 0 Å². The molecular formula is C22H21BrClN3O7. The summed E-state index contributed by atoms with van der Waals surface area (Å²) in [6, 6.07) is 9.38. The van der Waals surface area contributed by atoms with Crippen LogP contribution in [0.4, 0.5) is 5.69 Å². The number of nitrogens with zero attached hydrogens (tertiary/aromatic N) is 1. The molecule has 0 spiro atoms. The number of carbonyl (C=O) groups is 4. The minimum absolute atomic E-state index is 0.0827. The smallest absolute Gasteiger partial charge is 0.311 e. The molecule has 1 aliphatic heterocycles. The highest BCUT2D eigenvalue weighted by atomic mass is 79.9. The largest absolute Gasteiger partial charge is 0.493 e. The molecule has 0 aliphatic carbocycles. The number of hydrogen-bond acceptors (Lipinski definition) is 7. The Balaban J connectivity index is 1.51. The van der Waals surface area contributed by atoms with E-state index in [1.807, 2.05) is 0 Å². The molecule has 0 bridgehead atoms. The van der Waals surface area contributed by atoms with Crippen molar-refractivity contribution in [2.24, 2.45) is 5.92 Å². The first-order valence-corrected chi connectivity index (χ1v) is 11.1. The Bertz CT molecular complexity index is 1130. The number of ether oxygens (including phenoxy) is 3. The Morgan fingerprint density at radius 2 is 1.85 bits per heavy atom. The Kier molecular flexibility index (Phi) is 8.35. The van der Waals surface area contributed by atoms with Crippen LogP contribution in [-0.2, 0) is 19.1 Å². The number of hydrazine groups is 1. The topological polar surface area (TPSA) is 123 Å². The van der Waals surface area contributed by atoms with Crippen LogP contribution in [0, 0.1) is 5.92 Å². The molecule has 0 radical (unpaired) electrons. The summed E-state index contributed by atoms with van der Waals surface area (Å²) in [4.78, 5) is 49.2. The first kappa shape index (κ1) is 25.3. The van der Waals surface area contributed by atoms with Crippen LogP contribution in [0.5, 0.6) is 11.5 Å². The van der Waals surface area contributed by atoms with Gasteiger partial charge in [0.1, 0.15) is 0 Å². The van der Waals surface area contributed by atoms with Crippen molar-refractivity contribution < 1.29 is 33.4 Å². The molecule has 0 unspecified atom stereocenters. The molecule has 2 N–H and O–H groups in total. The van der Waals surface area contributed by atoms with E-state index in [4.69, 9.17) is 25.8 Å². The molecule has 180 valence electrons. The summed E-state index contributed by atoms with van der Waals surface area (Å²) in [5.74, 6) is -2.32. The maximum absolute atomic E-state index is 12.5. The van der Waals surface area contributed by atoms with E-state index in [0.717, 1.165) is 5.01 Å².